The van der Waals surface area contributed by atoms with E-state index in [4.69, 9.17) is 34.7 Å². The van der Waals surface area contributed by atoms with Crippen LogP contribution in [-0.2, 0) is 0 Å². The van der Waals surface area contributed by atoms with Crippen LogP contribution in [0.1, 0.15) is 0 Å². The quantitative estimate of drug-likeness (QED) is 0.545. The maximum atomic E-state index is 6.18. The molecule has 4 N–H and O–H groups in total. The van der Waals surface area contributed by atoms with E-state index in [0.29, 0.717) is 26.3 Å². The highest BCUT2D eigenvalue weighted by molar-refractivity contribution is 7.80. The first-order valence-electron chi connectivity index (χ1n) is 4.83. The second-order valence-corrected chi connectivity index (χ2v) is 4.81. The molecule has 0 aliphatic carbocycles. The van der Waals surface area contributed by atoms with Crippen LogP contribution in [0.3, 0.4) is 0 Å². The summed E-state index contributed by atoms with van der Waals surface area (Å²) in [6, 6.07) is 9.17. The Balaban J connectivity index is 2.73. The van der Waals surface area contributed by atoms with Crippen molar-refractivity contribution in [1.29, 1.82) is 0 Å². The molecule has 0 amide bonds. The Labute approximate surface area is 115 Å². The highest BCUT2D eigenvalue weighted by atomic mass is 35.5. The van der Waals surface area contributed by atoms with E-state index in [1.54, 1.807) is 12.1 Å². The van der Waals surface area contributed by atoms with Crippen LogP contribution in [0.4, 0.5) is 11.4 Å². The Hall–Kier alpha value is -1.03. The molecule has 2 aromatic carbocycles. The zero-order valence-electron chi connectivity index (χ0n) is 8.74. The predicted molar refractivity (Wildman–Crippen MR) is 78.0 cm³/mol. The maximum Gasteiger partial charge on any atom is 0.0839 e. The molecule has 88 valence electrons. The third kappa shape index (κ3) is 2.18. The average molecular weight is 285 g/mol. The molecule has 0 unspecified atom stereocenters. The van der Waals surface area contributed by atoms with Crippen LogP contribution in [0.25, 0.3) is 11.1 Å². The second-order valence-electron chi connectivity index (χ2n) is 3.57. The Bertz CT molecular complexity index is 585. The van der Waals surface area contributed by atoms with Crippen LogP contribution in [-0.4, -0.2) is 0 Å². The Morgan fingerprint density at radius 1 is 0.941 bits per heavy atom. The van der Waals surface area contributed by atoms with E-state index < -0.39 is 0 Å². The van der Waals surface area contributed by atoms with Crippen LogP contribution >= 0.6 is 35.8 Å². The molecule has 0 saturated carbocycles. The highest BCUT2D eigenvalue weighted by Gasteiger charge is 2.14. The number of thiol groups is 1. The fourth-order valence-electron chi connectivity index (χ4n) is 1.57. The molecule has 0 fully saturated rings. The Kier molecular flexibility index (Phi) is 3.43. The largest absolute Gasteiger partial charge is 0.398 e. The number of nitrogen functional groups attached to an aromatic ring is 2. The van der Waals surface area contributed by atoms with Crippen molar-refractivity contribution in [2.75, 3.05) is 11.5 Å². The molecule has 0 heterocycles. The molecule has 2 nitrogen and oxygen atoms in total. The van der Waals surface area contributed by atoms with Gasteiger partial charge in [-0.3, -0.25) is 0 Å². The molecule has 0 spiro atoms. The van der Waals surface area contributed by atoms with E-state index in [1.807, 2.05) is 18.2 Å². The van der Waals surface area contributed by atoms with Gasteiger partial charge < -0.3 is 11.5 Å². The number of rotatable bonds is 1. The summed E-state index contributed by atoms with van der Waals surface area (Å²) in [5.74, 6) is 0. The zero-order valence-corrected chi connectivity index (χ0v) is 11.2. The molecule has 0 atom stereocenters. The van der Waals surface area contributed by atoms with Gasteiger partial charge in [0.15, 0.2) is 0 Å². The number of nitrogens with two attached hydrogens (primary N) is 2. The van der Waals surface area contributed by atoms with Gasteiger partial charge in [-0.1, -0.05) is 41.4 Å². The number of para-hydroxylation sites is 1. The molecule has 0 aliphatic heterocycles. The lowest BCUT2D eigenvalue weighted by Gasteiger charge is -2.12. The lowest BCUT2D eigenvalue weighted by atomic mass is 10.0. The summed E-state index contributed by atoms with van der Waals surface area (Å²) in [6.45, 7) is 0. The van der Waals surface area contributed by atoms with Gasteiger partial charge in [-0.15, -0.1) is 12.6 Å². The number of benzene rings is 2. The molecule has 2 aromatic rings. The van der Waals surface area contributed by atoms with Gasteiger partial charge in [-0.2, -0.15) is 0 Å². The van der Waals surface area contributed by atoms with Gasteiger partial charge in [0.05, 0.1) is 15.7 Å². The van der Waals surface area contributed by atoms with Crippen LogP contribution in [0.15, 0.2) is 35.2 Å². The third-order valence-electron chi connectivity index (χ3n) is 2.47. The summed E-state index contributed by atoms with van der Waals surface area (Å²) in [7, 11) is 0. The maximum absolute atomic E-state index is 6.18. The van der Waals surface area contributed by atoms with E-state index in [2.05, 4.69) is 12.6 Å². The van der Waals surface area contributed by atoms with Gasteiger partial charge in [0, 0.05) is 21.7 Å². The number of halogens is 2. The first-order valence-corrected chi connectivity index (χ1v) is 6.04. The highest BCUT2D eigenvalue weighted by Crippen LogP contribution is 2.42. The van der Waals surface area contributed by atoms with Gasteiger partial charge in [-0.25, -0.2) is 0 Å². The van der Waals surface area contributed by atoms with E-state index in [1.165, 1.54) is 0 Å². The molecule has 0 aliphatic rings. The molecule has 0 bridgehead atoms. The molecule has 2 rings (SSSR count). The van der Waals surface area contributed by atoms with Crippen molar-refractivity contribution in [2.45, 2.75) is 4.90 Å². The molecule has 0 saturated heterocycles. The Morgan fingerprint density at radius 3 is 2.24 bits per heavy atom. The van der Waals surface area contributed by atoms with Crippen LogP contribution in [0, 0.1) is 0 Å². The number of hydrogen-bond acceptors (Lipinski definition) is 3. The lowest BCUT2D eigenvalue weighted by molar-refractivity contribution is 1.46. The van der Waals surface area contributed by atoms with E-state index in [0.717, 1.165) is 11.1 Å². The van der Waals surface area contributed by atoms with Crippen molar-refractivity contribution in [1.82, 2.24) is 0 Å². The zero-order chi connectivity index (χ0) is 12.6. The summed E-state index contributed by atoms with van der Waals surface area (Å²) in [6.07, 6.45) is 0. The van der Waals surface area contributed by atoms with Gasteiger partial charge in [0.2, 0.25) is 0 Å². The molecular weight excluding hydrogens is 275 g/mol. The smallest absolute Gasteiger partial charge is 0.0839 e. The molecule has 0 radical (unpaired) electrons. The normalized spacial score (nSPS) is 10.5. The monoisotopic (exact) mass is 284 g/mol. The number of anilines is 2. The van der Waals surface area contributed by atoms with Crippen molar-refractivity contribution in [2.24, 2.45) is 0 Å². The van der Waals surface area contributed by atoms with E-state index in [9.17, 15) is 0 Å². The van der Waals surface area contributed by atoms with Gasteiger partial charge in [-0.05, 0) is 12.1 Å². The lowest BCUT2D eigenvalue weighted by Crippen LogP contribution is -1.94. The van der Waals surface area contributed by atoms with E-state index in [-0.39, 0.29) is 0 Å². The van der Waals surface area contributed by atoms with Gasteiger partial charge in [0.25, 0.3) is 0 Å². The predicted octanol–water partition coefficient (Wildman–Crippen LogP) is 4.11. The van der Waals surface area contributed by atoms with Crippen molar-refractivity contribution in [3.05, 3.63) is 40.4 Å². The Morgan fingerprint density at radius 2 is 1.59 bits per heavy atom. The van der Waals surface area contributed by atoms with Gasteiger partial charge in [0.1, 0.15) is 0 Å². The number of hydrogen-bond donors (Lipinski definition) is 3. The third-order valence-corrected chi connectivity index (χ3v) is 3.73. The SMILES string of the molecule is Nc1ccccc1-c1cc(S)c(N)c(Cl)c1Cl. The van der Waals surface area contributed by atoms with Crippen LogP contribution in [0.2, 0.25) is 10.0 Å². The molecular formula is C12H10Cl2N2S. The summed E-state index contributed by atoms with van der Waals surface area (Å²) < 4.78 is 0. The molecule has 0 aromatic heterocycles. The van der Waals surface area contributed by atoms with E-state index >= 15 is 0 Å². The fourth-order valence-corrected chi connectivity index (χ4v) is 2.33. The summed E-state index contributed by atoms with van der Waals surface area (Å²) >= 11 is 16.5. The first-order chi connectivity index (χ1) is 8.02. The minimum atomic E-state index is 0.303. The second kappa shape index (κ2) is 4.69. The molecule has 17 heavy (non-hydrogen) atoms. The summed E-state index contributed by atoms with van der Waals surface area (Å²) in [4.78, 5) is 0.581. The van der Waals surface area contributed by atoms with Crippen molar-refractivity contribution >= 4 is 47.2 Å². The molecule has 5 heteroatoms. The van der Waals surface area contributed by atoms with Crippen molar-refractivity contribution < 1.29 is 0 Å². The van der Waals surface area contributed by atoms with Crippen LogP contribution in [0.5, 0.6) is 0 Å². The average Bonchev–Trinajstić information content (AvgIpc) is 2.32. The summed E-state index contributed by atoms with van der Waals surface area (Å²) in [5.41, 5.74) is 14.2. The minimum Gasteiger partial charge on any atom is -0.398 e. The van der Waals surface area contributed by atoms with Gasteiger partial charge >= 0.3 is 0 Å². The first kappa shape index (κ1) is 12.4. The van der Waals surface area contributed by atoms with Crippen molar-refractivity contribution in [3.63, 3.8) is 0 Å². The van der Waals surface area contributed by atoms with Crippen molar-refractivity contribution in [3.8, 4) is 11.1 Å². The van der Waals surface area contributed by atoms with Crippen LogP contribution < -0.4 is 11.5 Å². The minimum absolute atomic E-state index is 0.303. The fraction of sp³-hybridized carbons (Fsp3) is 0. The standard InChI is InChI=1S/C12H10Cl2N2S/c13-10-7(5-9(17)12(16)11(10)14)6-3-1-2-4-8(6)15/h1-5,17H,15-16H2. The topological polar surface area (TPSA) is 52.0 Å². The summed E-state index contributed by atoms with van der Waals surface area (Å²) in [5, 5.41) is 0.692.